The molecular weight excluding hydrogens is 247 g/mol. The number of likely N-dealkylation sites (N-methyl/N-ethyl adjacent to an activating group) is 1. The molecule has 1 heterocycles. The Balaban J connectivity index is 2.00. The smallest absolute Gasteiger partial charge is 0.129 e. The number of benzene rings is 1. The lowest BCUT2D eigenvalue weighted by Crippen LogP contribution is -2.20. The minimum absolute atomic E-state index is 0.224. The molecule has 0 aliphatic rings. The van der Waals surface area contributed by atoms with E-state index < -0.39 is 0 Å². The van der Waals surface area contributed by atoms with Gasteiger partial charge in [0.1, 0.15) is 5.82 Å². The molecule has 0 amide bonds. The summed E-state index contributed by atoms with van der Waals surface area (Å²) in [5.41, 5.74) is 6.90. The summed E-state index contributed by atoms with van der Waals surface area (Å²) in [6, 6.07) is 9.40. The number of nitrogens with two attached hydrogens (primary N) is 1. The van der Waals surface area contributed by atoms with E-state index in [2.05, 4.69) is 22.4 Å². The average Bonchev–Trinajstić information content (AvgIpc) is 2.89. The molecule has 1 aromatic carbocycles. The molecule has 18 heavy (non-hydrogen) atoms. The van der Waals surface area contributed by atoms with Gasteiger partial charge in [-0.2, -0.15) is 0 Å². The minimum atomic E-state index is -0.224. The molecule has 0 aliphatic heterocycles. The van der Waals surface area contributed by atoms with Crippen LogP contribution in [0.4, 0.5) is 10.1 Å². The zero-order chi connectivity index (χ0) is 13.0. The summed E-state index contributed by atoms with van der Waals surface area (Å²) in [5.74, 6) is -0.224. The third kappa shape index (κ3) is 3.09. The summed E-state index contributed by atoms with van der Waals surface area (Å²) in [5, 5.41) is 2.07. The number of hydrogen-bond donors (Lipinski definition) is 1. The molecule has 0 fully saturated rings. The van der Waals surface area contributed by atoms with Gasteiger partial charge >= 0.3 is 0 Å². The fraction of sp³-hybridized carbons (Fsp3) is 0.286. The highest BCUT2D eigenvalue weighted by Crippen LogP contribution is 2.18. The van der Waals surface area contributed by atoms with Gasteiger partial charge in [-0.15, -0.1) is 11.3 Å². The normalized spacial score (nSPS) is 10.6. The van der Waals surface area contributed by atoms with Gasteiger partial charge in [0.25, 0.3) is 0 Å². The number of rotatable bonds is 5. The maximum atomic E-state index is 13.6. The second-order valence-corrected chi connectivity index (χ2v) is 5.26. The van der Waals surface area contributed by atoms with E-state index in [9.17, 15) is 4.39 Å². The van der Waals surface area contributed by atoms with Crippen molar-refractivity contribution in [2.45, 2.75) is 13.0 Å². The van der Waals surface area contributed by atoms with Crippen molar-refractivity contribution in [1.82, 2.24) is 0 Å². The highest BCUT2D eigenvalue weighted by atomic mass is 32.1. The largest absolute Gasteiger partial charge is 0.374 e. The molecular formula is C14H17FN2S. The van der Waals surface area contributed by atoms with Gasteiger partial charge in [-0.3, -0.25) is 0 Å². The first-order chi connectivity index (χ1) is 8.70. The van der Waals surface area contributed by atoms with Crippen LogP contribution < -0.4 is 10.6 Å². The Bertz CT molecular complexity index is 497. The number of nitrogens with zero attached hydrogens (tertiary/aromatic N) is 1. The number of hydrogen-bond acceptors (Lipinski definition) is 3. The SMILES string of the molecule is CN(CCc1cccs1)c1ccc(CN)c(F)c1. The molecule has 96 valence electrons. The van der Waals surface area contributed by atoms with Crippen LogP contribution >= 0.6 is 11.3 Å². The first kappa shape index (κ1) is 13.1. The molecule has 0 bridgehead atoms. The van der Waals surface area contributed by atoms with Crippen LogP contribution in [0, 0.1) is 5.82 Å². The van der Waals surface area contributed by atoms with Gasteiger partial charge in [0.05, 0.1) is 0 Å². The van der Waals surface area contributed by atoms with Crippen LogP contribution in [0.15, 0.2) is 35.7 Å². The number of thiophene rings is 1. The van der Waals surface area contributed by atoms with Crippen molar-refractivity contribution in [2.75, 3.05) is 18.5 Å². The van der Waals surface area contributed by atoms with E-state index in [1.807, 2.05) is 13.1 Å². The van der Waals surface area contributed by atoms with Gasteiger partial charge in [0.2, 0.25) is 0 Å². The minimum Gasteiger partial charge on any atom is -0.374 e. The quantitative estimate of drug-likeness (QED) is 0.899. The van der Waals surface area contributed by atoms with E-state index in [0.717, 1.165) is 18.7 Å². The van der Waals surface area contributed by atoms with Crippen molar-refractivity contribution in [2.24, 2.45) is 5.73 Å². The predicted molar refractivity (Wildman–Crippen MR) is 75.6 cm³/mol. The Hall–Kier alpha value is -1.39. The van der Waals surface area contributed by atoms with Crippen molar-refractivity contribution < 1.29 is 4.39 Å². The van der Waals surface area contributed by atoms with Crippen LogP contribution in [0.2, 0.25) is 0 Å². The summed E-state index contributed by atoms with van der Waals surface area (Å²) in [7, 11) is 1.98. The van der Waals surface area contributed by atoms with E-state index in [-0.39, 0.29) is 12.4 Å². The van der Waals surface area contributed by atoms with Crippen molar-refractivity contribution in [3.8, 4) is 0 Å². The average molecular weight is 264 g/mol. The van der Waals surface area contributed by atoms with E-state index in [1.165, 1.54) is 4.88 Å². The van der Waals surface area contributed by atoms with Crippen LogP contribution in [-0.2, 0) is 13.0 Å². The van der Waals surface area contributed by atoms with Crippen LogP contribution in [0.3, 0.4) is 0 Å². The lowest BCUT2D eigenvalue weighted by Gasteiger charge is -2.19. The molecule has 2 aromatic rings. The molecule has 2 nitrogen and oxygen atoms in total. The lowest BCUT2D eigenvalue weighted by molar-refractivity contribution is 0.610. The molecule has 0 aliphatic carbocycles. The van der Waals surface area contributed by atoms with Crippen LogP contribution in [-0.4, -0.2) is 13.6 Å². The summed E-state index contributed by atoms with van der Waals surface area (Å²) in [4.78, 5) is 3.41. The van der Waals surface area contributed by atoms with Gasteiger partial charge in [-0.1, -0.05) is 12.1 Å². The van der Waals surface area contributed by atoms with Crippen molar-refractivity contribution >= 4 is 17.0 Å². The van der Waals surface area contributed by atoms with E-state index in [4.69, 9.17) is 5.73 Å². The van der Waals surface area contributed by atoms with Gasteiger partial charge in [0.15, 0.2) is 0 Å². The Kier molecular flexibility index (Phi) is 4.33. The van der Waals surface area contributed by atoms with E-state index in [1.54, 1.807) is 23.5 Å². The molecule has 0 saturated heterocycles. The predicted octanol–water partition coefficient (Wildman–Crippen LogP) is 3.02. The maximum absolute atomic E-state index is 13.6. The highest BCUT2D eigenvalue weighted by Gasteiger charge is 2.06. The highest BCUT2D eigenvalue weighted by molar-refractivity contribution is 7.09. The molecule has 0 radical (unpaired) electrons. The molecule has 0 saturated carbocycles. The number of halogens is 1. The monoisotopic (exact) mass is 264 g/mol. The summed E-state index contributed by atoms with van der Waals surface area (Å²) < 4.78 is 13.6. The molecule has 1 aromatic heterocycles. The zero-order valence-electron chi connectivity index (χ0n) is 10.4. The summed E-state index contributed by atoms with van der Waals surface area (Å²) in [6.07, 6.45) is 0.981. The Morgan fingerprint density at radius 2 is 2.17 bits per heavy atom. The first-order valence-electron chi connectivity index (χ1n) is 5.92. The summed E-state index contributed by atoms with van der Waals surface area (Å²) >= 11 is 1.75. The van der Waals surface area contributed by atoms with Crippen LogP contribution in [0.1, 0.15) is 10.4 Å². The summed E-state index contributed by atoms with van der Waals surface area (Å²) in [6.45, 7) is 1.12. The fourth-order valence-electron chi connectivity index (χ4n) is 1.80. The Labute approximate surface area is 111 Å². The van der Waals surface area contributed by atoms with Gasteiger partial charge in [0, 0.05) is 36.3 Å². The van der Waals surface area contributed by atoms with Crippen LogP contribution in [0.25, 0.3) is 0 Å². The standard InChI is InChI=1S/C14H17FN2S/c1-17(7-6-13-3-2-8-18-13)12-5-4-11(10-16)14(15)9-12/h2-5,8-9H,6-7,10,16H2,1H3. The molecule has 2 rings (SSSR count). The van der Waals surface area contributed by atoms with E-state index >= 15 is 0 Å². The van der Waals surface area contributed by atoms with Gasteiger partial charge in [-0.05, 0) is 30.0 Å². The maximum Gasteiger partial charge on any atom is 0.129 e. The third-order valence-corrected chi connectivity index (χ3v) is 3.91. The molecule has 2 N–H and O–H groups in total. The van der Waals surface area contributed by atoms with Gasteiger partial charge < -0.3 is 10.6 Å². The second kappa shape index (κ2) is 5.98. The molecule has 0 spiro atoms. The van der Waals surface area contributed by atoms with Gasteiger partial charge in [-0.25, -0.2) is 4.39 Å². The molecule has 0 unspecified atom stereocenters. The fourth-order valence-corrected chi connectivity index (χ4v) is 2.50. The number of anilines is 1. The topological polar surface area (TPSA) is 29.3 Å². The Morgan fingerprint density at radius 1 is 1.33 bits per heavy atom. The lowest BCUT2D eigenvalue weighted by atomic mass is 10.2. The molecule has 4 heteroatoms. The Morgan fingerprint density at radius 3 is 2.78 bits per heavy atom. The van der Waals surface area contributed by atoms with E-state index in [0.29, 0.717) is 5.56 Å². The third-order valence-electron chi connectivity index (χ3n) is 2.97. The first-order valence-corrected chi connectivity index (χ1v) is 6.80. The van der Waals surface area contributed by atoms with Crippen molar-refractivity contribution in [3.05, 3.63) is 52.0 Å². The van der Waals surface area contributed by atoms with Crippen molar-refractivity contribution in [3.63, 3.8) is 0 Å². The zero-order valence-corrected chi connectivity index (χ0v) is 11.2. The molecule has 0 atom stereocenters. The van der Waals surface area contributed by atoms with Crippen molar-refractivity contribution in [1.29, 1.82) is 0 Å². The second-order valence-electron chi connectivity index (χ2n) is 4.23. The van der Waals surface area contributed by atoms with Crippen LogP contribution in [0.5, 0.6) is 0 Å².